The van der Waals surface area contributed by atoms with Gasteiger partial charge in [-0.05, 0) is 36.7 Å². The molecular weight excluding hydrogens is 326 g/mol. The van der Waals surface area contributed by atoms with Gasteiger partial charge in [0, 0.05) is 26.2 Å². The lowest BCUT2D eigenvalue weighted by Crippen LogP contribution is -2.45. The normalized spacial score (nSPS) is 17.4. The van der Waals surface area contributed by atoms with Crippen LogP contribution in [0.4, 0.5) is 5.82 Å². The molecule has 1 atom stereocenters. The summed E-state index contributed by atoms with van der Waals surface area (Å²) in [5.41, 5.74) is 2.64. The highest BCUT2D eigenvalue weighted by Gasteiger charge is 2.25. The standard InChI is InChI=1S/C18H20ClN3O2/c1-21-10-13-6-4-3-5-12(13)9-14(21)11-22(2)16-8-7-15(19)17(20-16)18(23)24/h3-8,14H,9-11H2,1-2H3,(H,23,24)/t14-/m1/s1. The molecule has 0 aliphatic carbocycles. The van der Waals surface area contributed by atoms with E-state index < -0.39 is 5.97 Å². The van der Waals surface area contributed by atoms with Crippen LogP contribution >= 0.6 is 11.6 Å². The minimum Gasteiger partial charge on any atom is -0.476 e. The summed E-state index contributed by atoms with van der Waals surface area (Å²) in [6, 6.07) is 12.2. The van der Waals surface area contributed by atoms with Crippen LogP contribution in [0.2, 0.25) is 5.02 Å². The van der Waals surface area contributed by atoms with Gasteiger partial charge in [-0.2, -0.15) is 0 Å². The van der Waals surface area contributed by atoms with Crippen molar-refractivity contribution >= 4 is 23.4 Å². The molecule has 0 bridgehead atoms. The van der Waals surface area contributed by atoms with Gasteiger partial charge >= 0.3 is 5.97 Å². The highest BCUT2D eigenvalue weighted by molar-refractivity contribution is 6.33. The summed E-state index contributed by atoms with van der Waals surface area (Å²) in [6.45, 7) is 1.68. The maximum absolute atomic E-state index is 11.2. The Bertz CT molecular complexity index is 766. The number of nitrogens with zero attached hydrogens (tertiary/aromatic N) is 3. The fourth-order valence-corrected chi connectivity index (χ4v) is 3.31. The van der Waals surface area contributed by atoms with Gasteiger partial charge in [-0.1, -0.05) is 35.9 Å². The predicted octanol–water partition coefficient (Wildman–Crippen LogP) is 2.93. The number of halogens is 1. The van der Waals surface area contributed by atoms with E-state index in [1.54, 1.807) is 12.1 Å². The lowest BCUT2D eigenvalue weighted by molar-refractivity contribution is 0.0691. The number of benzene rings is 1. The first-order valence-electron chi connectivity index (χ1n) is 7.83. The number of rotatable bonds is 4. The number of aromatic carboxylic acids is 1. The van der Waals surface area contributed by atoms with E-state index in [9.17, 15) is 9.90 Å². The zero-order chi connectivity index (χ0) is 17.3. The molecule has 0 amide bonds. The Balaban J connectivity index is 1.77. The van der Waals surface area contributed by atoms with Gasteiger partial charge in [-0.25, -0.2) is 9.78 Å². The smallest absolute Gasteiger partial charge is 0.356 e. The lowest BCUT2D eigenvalue weighted by atomic mass is 9.94. The van der Waals surface area contributed by atoms with E-state index in [2.05, 4.69) is 41.2 Å². The Morgan fingerprint density at radius 2 is 2.04 bits per heavy atom. The van der Waals surface area contributed by atoms with Crippen molar-refractivity contribution in [2.24, 2.45) is 0 Å². The Morgan fingerprint density at radius 1 is 1.33 bits per heavy atom. The Labute approximate surface area is 146 Å². The van der Waals surface area contributed by atoms with Crippen molar-refractivity contribution in [3.8, 4) is 0 Å². The van der Waals surface area contributed by atoms with Gasteiger partial charge in [-0.15, -0.1) is 0 Å². The molecule has 2 aromatic rings. The van der Waals surface area contributed by atoms with Gasteiger partial charge in [0.05, 0.1) is 5.02 Å². The molecule has 0 saturated carbocycles. The topological polar surface area (TPSA) is 56.7 Å². The number of pyridine rings is 1. The number of carboxylic acids is 1. The van der Waals surface area contributed by atoms with Crippen LogP contribution in [0.3, 0.4) is 0 Å². The Morgan fingerprint density at radius 3 is 2.75 bits per heavy atom. The third-order valence-corrected chi connectivity index (χ3v) is 4.83. The second-order valence-electron chi connectivity index (χ2n) is 6.23. The zero-order valence-corrected chi connectivity index (χ0v) is 14.5. The molecule has 0 fully saturated rings. The third-order valence-electron chi connectivity index (χ3n) is 4.53. The molecule has 0 radical (unpaired) electrons. The van der Waals surface area contributed by atoms with E-state index in [0.717, 1.165) is 19.5 Å². The van der Waals surface area contributed by atoms with E-state index in [1.165, 1.54) is 11.1 Å². The third kappa shape index (κ3) is 3.37. The van der Waals surface area contributed by atoms with Crippen LogP contribution in [0.5, 0.6) is 0 Å². The first-order valence-corrected chi connectivity index (χ1v) is 8.21. The number of carbonyl (C=O) groups is 1. The summed E-state index contributed by atoms with van der Waals surface area (Å²) in [4.78, 5) is 19.7. The first kappa shape index (κ1) is 16.7. The number of hydrogen-bond acceptors (Lipinski definition) is 4. The fraction of sp³-hybridized carbons (Fsp3) is 0.333. The molecule has 2 heterocycles. The van der Waals surface area contributed by atoms with Crippen molar-refractivity contribution in [2.75, 3.05) is 25.5 Å². The average molecular weight is 346 g/mol. The van der Waals surface area contributed by atoms with Gasteiger partial charge in [0.25, 0.3) is 0 Å². The van der Waals surface area contributed by atoms with Crippen LogP contribution in [0.25, 0.3) is 0 Å². The maximum atomic E-state index is 11.2. The molecule has 1 aromatic heterocycles. The van der Waals surface area contributed by atoms with Crippen molar-refractivity contribution in [3.05, 3.63) is 58.2 Å². The van der Waals surface area contributed by atoms with Gasteiger partial charge in [-0.3, -0.25) is 4.90 Å². The molecular formula is C18H20ClN3O2. The minimum atomic E-state index is -1.11. The van der Waals surface area contributed by atoms with Crippen molar-refractivity contribution in [3.63, 3.8) is 0 Å². The largest absolute Gasteiger partial charge is 0.476 e. The van der Waals surface area contributed by atoms with Crippen LogP contribution in [0.15, 0.2) is 36.4 Å². The summed E-state index contributed by atoms with van der Waals surface area (Å²) in [5, 5.41) is 9.33. The minimum absolute atomic E-state index is 0.108. The van der Waals surface area contributed by atoms with Crippen LogP contribution in [0.1, 0.15) is 21.6 Å². The molecule has 0 spiro atoms. The van der Waals surface area contributed by atoms with E-state index in [0.29, 0.717) is 11.9 Å². The van der Waals surface area contributed by atoms with Crippen LogP contribution < -0.4 is 4.90 Å². The molecule has 3 rings (SSSR count). The van der Waals surface area contributed by atoms with E-state index >= 15 is 0 Å². The van der Waals surface area contributed by atoms with Crippen molar-refractivity contribution in [1.29, 1.82) is 0 Å². The van der Waals surface area contributed by atoms with E-state index in [1.807, 2.05) is 11.9 Å². The quantitative estimate of drug-likeness (QED) is 0.923. The van der Waals surface area contributed by atoms with Gasteiger partial charge in [0.2, 0.25) is 0 Å². The maximum Gasteiger partial charge on any atom is 0.356 e. The molecule has 1 aliphatic rings. The molecule has 0 unspecified atom stereocenters. The number of carboxylic acid groups (broad SMARTS) is 1. The zero-order valence-electron chi connectivity index (χ0n) is 13.7. The lowest BCUT2D eigenvalue weighted by Gasteiger charge is -2.36. The number of fused-ring (bicyclic) bond motifs is 1. The number of aromatic nitrogens is 1. The van der Waals surface area contributed by atoms with Crippen molar-refractivity contribution < 1.29 is 9.90 Å². The van der Waals surface area contributed by atoms with Gasteiger partial charge in [0.1, 0.15) is 5.82 Å². The number of anilines is 1. The van der Waals surface area contributed by atoms with Crippen LogP contribution in [-0.4, -0.2) is 47.6 Å². The van der Waals surface area contributed by atoms with Crippen molar-refractivity contribution in [2.45, 2.75) is 19.0 Å². The highest BCUT2D eigenvalue weighted by atomic mass is 35.5. The van der Waals surface area contributed by atoms with E-state index in [4.69, 9.17) is 11.6 Å². The molecule has 0 saturated heterocycles. The van der Waals surface area contributed by atoms with Crippen molar-refractivity contribution in [1.82, 2.24) is 9.88 Å². The van der Waals surface area contributed by atoms with Crippen LogP contribution in [0, 0.1) is 0 Å². The molecule has 6 heteroatoms. The molecule has 1 aromatic carbocycles. The molecule has 126 valence electrons. The molecule has 5 nitrogen and oxygen atoms in total. The monoisotopic (exact) mass is 345 g/mol. The number of likely N-dealkylation sites (N-methyl/N-ethyl adjacent to an activating group) is 2. The highest BCUT2D eigenvalue weighted by Crippen LogP contribution is 2.24. The SMILES string of the molecule is CN(C[C@H]1Cc2ccccc2CN1C)c1ccc(Cl)c(C(=O)O)n1. The van der Waals surface area contributed by atoms with E-state index in [-0.39, 0.29) is 10.7 Å². The fourth-order valence-electron chi connectivity index (χ4n) is 3.13. The second-order valence-corrected chi connectivity index (χ2v) is 6.63. The predicted molar refractivity (Wildman–Crippen MR) is 94.9 cm³/mol. The summed E-state index contributed by atoms with van der Waals surface area (Å²) < 4.78 is 0. The molecule has 1 N–H and O–H groups in total. The average Bonchev–Trinajstić information content (AvgIpc) is 2.55. The Kier molecular flexibility index (Phi) is 4.73. The number of hydrogen-bond donors (Lipinski definition) is 1. The first-order chi connectivity index (χ1) is 11.5. The summed E-state index contributed by atoms with van der Waals surface area (Å²) in [5.74, 6) is -0.497. The molecule has 24 heavy (non-hydrogen) atoms. The van der Waals surface area contributed by atoms with Crippen LogP contribution in [-0.2, 0) is 13.0 Å². The summed E-state index contributed by atoms with van der Waals surface area (Å²) >= 11 is 5.90. The summed E-state index contributed by atoms with van der Waals surface area (Å²) in [7, 11) is 4.04. The van der Waals surface area contributed by atoms with Gasteiger partial charge in [0.15, 0.2) is 5.69 Å². The Hall–Kier alpha value is -2.11. The second kappa shape index (κ2) is 6.79. The van der Waals surface area contributed by atoms with Gasteiger partial charge < -0.3 is 10.0 Å². The summed E-state index contributed by atoms with van der Waals surface area (Å²) in [6.07, 6.45) is 0.969. The molecule has 1 aliphatic heterocycles.